The molecule has 2 amide bonds. The van der Waals surface area contributed by atoms with E-state index in [4.69, 9.17) is 0 Å². The molecule has 1 atom stereocenters. The molecule has 1 aliphatic rings. The predicted molar refractivity (Wildman–Crippen MR) is 86.0 cm³/mol. The van der Waals surface area contributed by atoms with Gasteiger partial charge in [-0.05, 0) is 45.4 Å². The van der Waals surface area contributed by atoms with Crippen molar-refractivity contribution in [2.75, 3.05) is 18.8 Å². The van der Waals surface area contributed by atoms with Crippen molar-refractivity contribution in [3.05, 3.63) is 35.4 Å². The minimum absolute atomic E-state index is 0.103. The Morgan fingerprint density at radius 3 is 2.73 bits per heavy atom. The highest BCUT2D eigenvalue weighted by Crippen LogP contribution is 2.36. The fourth-order valence-corrected chi connectivity index (χ4v) is 3.63. The Balaban J connectivity index is 2.03. The lowest BCUT2D eigenvalue weighted by Gasteiger charge is -2.27. The fourth-order valence-electron chi connectivity index (χ4n) is 2.38. The van der Waals surface area contributed by atoms with Crippen LogP contribution >= 0.6 is 11.8 Å². The van der Waals surface area contributed by atoms with Crippen LogP contribution in [0.4, 0.5) is 13.6 Å². The van der Waals surface area contributed by atoms with Gasteiger partial charge in [-0.25, -0.2) is 13.6 Å². The highest BCUT2D eigenvalue weighted by Gasteiger charge is 2.25. The van der Waals surface area contributed by atoms with Crippen LogP contribution in [-0.4, -0.2) is 35.3 Å². The molecule has 1 saturated heterocycles. The van der Waals surface area contributed by atoms with Gasteiger partial charge in [0.15, 0.2) is 0 Å². The molecule has 0 radical (unpaired) electrons. The second-order valence-electron chi connectivity index (χ2n) is 6.48. The molecule has 0 saturated carbocycles. The van der Waals surface area contributed by atoms with Gasteiger partial charge < -0.3 is 10.2 Å². The Morgan fingerprint density at radius 1 is 1.32 bits per heavy atom. The fraction of sp³-hybridized carbons (Fsp3) is 0.562. The Hall–Kier alpha value is -1.30. The summed E-state index contributed by atoms with van der Waals surface area (Å²) >= 11 is 1.57. The van der Waals surface area contributed by atoms with Crippen molar-refractivity contribution in [3.63, 3.8) is 0 Å². The molecule has 1 aromatic carbocycles. The Kier molecular flexibility index (Phi) is 5.32. The number of nitrogens with zero attached hydrogens (tertiary/aromatic N) is 1. The zero-order valence-electron chi connectivity index (χ0n) is 13.2. The molecular formula is C16H22F2N2OS. The van der Waals surface area contributed by atoms with Crippen molar-refractivity contribution in [1.82, 2.24) is 10.2 Å². The lowest BCUT2D eigenvalue weighted by Crippen LogP contribution is -2.49. The number of thioether (sulfide) groups is 1. The smallest absolute Gasteiger partial charge is 0.317 e. The maximum absolute atomic E-state index is 13.9. The first-order chi connectivity index (χ1) is 10.3. The minimum atomic E-state index is -0.427. The van der Waals surface area contributed by atoms with Crippen molar-refractivity contribution in [2.24, 2.45) is 0 Å². The summed E-state index contributed by atoms with van der Waals surface area (Å²) in [4.78, 5) is 13.9. The van der Waals surface area contributed by atoms with Crippen LogP contribution in [0.3, 0.4) is 0 Å². The summed E-state index contributed by atoms with van der Waals surface area (Å²) in [6.45, 7) is 6.95. The molecule has 2 rings (SSSR count). The molecule has 1 unspecified atom stereocenters. The van der Waals surface area contributed by atoms with Gasteiger partial charge in [0.05, 0.1) is 0 Å². The third-order valence-corrected chi connectivity index (χ3v) is 4.73. The summed E-state index contributed by atoms with van der Waals surface area (Å²) in [7, 11) is 0. The van der Waals surface area contributed by atoms with Crippen LogP contribution in [0.25, 0.3) is 0 Å². The summed E-state index contributed by atoms with van der Waals surface area (Å²) in [6, 6.07) is 3.45. The van der Waals surface area contributed by atoms with E-state index in [1.54, 1.807) is 16.7 Å². The third kappa shape index (κ3) is 4.60. The molecule has 1 N–H and O–H groups in total. The van der Waals surface area contributed by atoms with Crippen molar-refractivity contribution in [2.45, 2.75) is 38.0 Å². The quantitative estimate of drug-likeness (QED) is 0.846. The molecule has 6 heteroatoms. The molecule has 0 spiro atoms. The van der Waals surface area contributed by atoms with Crippen LogP contribution < -0.4 is 5.32 Å². The van der Waals surface area contributed by atoms with Gasteiger partial charge in [0.1, 0.15) is 11.6 Å². The molecule has 22 heavy (non-hydrogen) atoms. The van der Waals surface area contributed by atoms with E-state index in [0.717, 1.165) is 6.07 Å². The van der Waals surface area contributed by atoms with Crippen molar-refractivity contribution in [1.29, 1.82) is 0 Å². The topological polar surface area (TPSA) is 32.3 Å². The van der Waals surface area contributed by atoms with Crippen molar-refractivity contribution < 1.29 is 13.6 Å². The summed E-state index contributed by atoms with van der Waals surface area (Å²) < 4.78 is 27.2. The van der Waals surface area contributed by atoms with Crippen molar-refractivity contribution in [3.8, 4) is 0 Å². The van der Waals surface area contributed by atoms with E-state index < -0.39 is 5.82 Å². The van der Waals surface area contributed by atoms with Crippen LogP contribution in [0.5, 0.6) is 0 Å². The summed E-state index contributed by atoms with van der Waals surface area (Å²) in [6.07, 6.45) is 0.614. The maximum Gasteiger partial charge on any atom is 0.317 e. The Labute approximate surface area is 134 Å². The Bertz CT molecular complexity index is 545. The molecule has 0 aliphatic carbocycles. The highest BCUT2D eigenvalue weighted by atomic mass is 32.2. The standard InChI is InChI=1S/C16H22F2N2OS/c1-16(2,3)19-15(21)20-7-6-14(22-9-8-20)12-10-11(17)4-5-13(12)18/h4-5,10,14H,6-9H2,1-3H3,(H,19,21). The lowest BCUT2D eigenvalue weighted by atomic mass is 10.1. The van der Waals surface area contributed by atoms with Crippen LogP contribution in [0.15, 0.2) is 18.2 Å². The number of amides is 2. The first kappa shape index (κ1) is 17.1. The van der Waals surface area contributed by atoms with E-state index in [1.165, 1.54) is 12.1 Å². The van der Waals surface area contributed by atoms with E-state index in [1.807, 2.05) is 20.8 Å². The van der Waals surface area contributed by atoms with E-state index in [-0.39, 0.29) is 22.6 Å². The number of halogens is 2. The average Bonchev–Trinajstić information content (AvgIpc) is 2.65. The van der Waals surface area contributed by atoms with E-state index in [0.29, 0.717) is 30.8 Å². The zero-order chi connectivity index (χ0) is 16.3. The number of carbonyl (C=O) groups is 1. The van der Waals surface area contributed by atoms with Crippen LogP contribution in [0, 0.1) is 11.6 Å². The zero-order valence-corrected chi connectivity index (χ0v) is 14.0. The van der Waals surface area contributed by atoms with Gasteiger partial charge in [-0.2, -0.15) is 11.8 Å². The molecule has 1 fully saturated rings. The lowest BCUT2D eigenvalue weighted by molar-refractivity contribution is 0.192. The molecule has 0 aromatic heterocycles. The maximum atomic E-state index is 13.9. The number of nitrogens with one attached hydrogen (secondary N) is 1. The van der Waals surface area contributed by atoms with Gasteiger partial charge in [-0.3, -0.25) is 0 Å². The molecule has 1 heterocycles. The van der Waals surface area contributed by atoms with E-state index >= 15 is 0 Å². The number of benzene rings is 1. The molecular weight excluding hydrogens is 306 g/mol. The highest BCUT2D eigenvalue weighted by molar-refractivity contribution is 7.99. The number of hydrogen-bond acceptors (Lipinski definition) is 2. The van der Waals surface area contributed by atoms with Crippen molar-refractivity contribution >= 4 is 17.8 Å². The van der Waals surface area contributed by atoms with E-state index in [2.05, 4.69) is 5.32 Å². The second kappa shape index (κ2) is 6.86. The molecule has 122 valence electrons. The minimum Gasteiger partial charge on any atom is -0.333 e. The first-order valence-corrected chi connectivity index (χ1v) is 8.45. The molecule has 1 aliphatic heterocycles. The van der Waals surface area contributed by atoms with Crippen LogP contribution in [0.1, 0.15) is 38.0 Å². The molecule has 3 nitrogen and oxygen atoms in total. The van der Waals surface area contributed by atoms with Gasteiger partial charge in [0.25, 0.3) is 0 Å². The van der Waals surface area contributed by atoms with E-state index in [9.17, 15) is 13.6 Å². The molecule has 0 bridgehead atoms. The van der Waals surface area contributed by atoms with Gasteiger partial charge in [-0.15, -0.1) is 0 Å². The third-order valence-electron chi connectivity index (χ3n) is 3.42. The van der Waals surface area contributed by atoms with Gasteiger partial charge >= 0.3 is 6.03 Å². The monoisotopic (exact) mass is 328 g/mol. The van der Waals surface area contributed by atoms with Crippen LogP contribution in [-0.2, 0) is 0 Å². The van der Waals surface area contributed by atoms with Gasteiger partial charge in [0, 0.05) is 35.2 Å². The van der Waals surface area contributed by atoms with Crippen LogP contribution in [0.2, 0.25) is 0 Å². The number of urea groups is 1. The number of hydrogen-bond donors (Lipinski definition) is 1. The van der Waals surface area contributed by atoms with Gasteiger partial charge in [0.2, 0.25) is 0 Å². The summed E-state index contributed by atoms with van der Waals surface area (Å²) in [5, 5.41) is 2.81. The molecule has 1 aromatic rings. The normalized spacial score (nSPS) is 19.7. The number of carbonyl (C=O) groups excluding carboxylic acids is 1. The summed E-state index contributed by atoms with van der Waals surface area (Å²) in [5.74, 6) is -0.104. The average molecular weight is 328 g/mol. The SMILES string of the molecule is CC(C)(C)NC(=O)N1CCSC(c2cc(F)ccc2F)CC1. The Morgan fingerprint density at radius 2 is 2.05 bits per heavy atom. The second-order valence-corrected chi connectivity index (χ2v) is 7.79. The van der Waals surface area contributed by atoms with Gasteiger partial charge in [-0.1, -0.05) is 0 Å². The predicted octanol–water partition coefficient (Wildman–Crippen LogP) is 3.95. The number of rotatable bonds is 1. The largest absolute Gasteiger partial charge is 0.333 e. The first-order valence-electron chi connectivity index (χ1n) is 7.40. The summed E-state index contributed by atoms with van der Waals surface area (Å²) in [5.41, 5.74) is 0.105.